The van der Waals surface area contributed by atoms with Crippen LogP contribution in [-0.4, -0.2) is 33.2 Å². The minimum absolute atomic E-state index is 0.150. The lowest BCUT2D eigenvalue weighted by Gasteiger charge is -2.12. The van der Waals surface area contributed by atoms with Gasteiger partial charge in [0.1, 0.15) is 0 Å². The molecule has 0 aromatic heterocycles. The van der Waals surface area contributed by atoms with Crippen molar-refractivity contribution in [1.29, 1.82) is 0 Å². The fraction of sp³-hybridized carbons (Fsp3) is 0.100. The molecule has 0 aliphatic rings. The molecule has 0 bridgehead atoms. The molecule has 1 atom stereocenters. The Morgan fingerprint density at radius 2 is 1.83 bits per heavy atom. The van der Waals surface area contributed by atoms with Gasteiger partial charge in [-0.1, -0.05) is 17.7 Å². The first-order chi connectivity index (χ1) is 8.32. The first-order valence-corrected chi connectivity index (χ1v) is 4.95. The quantitative estimate of drug-likeness (QED) is 0.594. The molecule has 1 aromatic carbocycles. The third kappa shape index (κ3) is 3.19. The van der Waals surface area contributed by atoms with Crippen molar-refractivity contribution in [2.75, 3.05) is 5.32 Å². The Kier molecular flexibility index (Phi) is 4.24. The van der Waals surface area contributed by atoms with Crippen LogP contribution in [0.1, 0.15) is 11.7 Å². The second-order valence-electron chi connectivity index (χ2n) is 3.23. The summed E-state index contributed by atoms with van der Waals surface area (Å²) in [6, 6.07) is 3.63. The van der Waals surface area contributed by atoms with Gasteiger partial charge in [0.2, 0.25) is 0 Å². The highest BCUT2D eigenvalue weighted by molar-refractivity contribution is 6.37. The number of aliphatic carboxylic acids is 2. The van der Waals surface area contributed by atoms with Gasteiger partial charge in [0, 0.05) is 16.3 Å². The standard InChI is InChI=1S/C10H8ClNO6/c11-4-1-2-5(7(13)9(15)16)6(3-4)12-8(14)10(17)18/h1-3,7,13H,(H,12,14)(H,15,16)(H,17,18). The third-order valence-electron chi connectivity index (χ3n) is 1.99. The summed E-state index contributed by atoms with van der Waals surface area (Å²) in [5.41, 5.74) is -0.341. The number of carbonyl (C=O) groups is 3. The first kappa shape index (κ1) is 13.9. The zero-order chi connectivity index (χ0) is 13.9. The number of benzene rings is 1. The molecule has 96 valence electrons. The number of aliphatic hydroxyl groups is 1. The maximum atomic E-state index is 11.0. The topological polar surface area (TPSA) is 124 Å². The number of carbonyl (C=O) groups excluding carboxylic acids is 1. The number of halogens is 1. The minimum Gasteiger partial charge on any atom is -0.479 e. The number of nitrogens with one attached hydrogen (secondary N) is 1. The molecular weight excluding hydrogens is 266 g/mol. The number of hydrogen-bond acceptors (Lipinski definition) is 4. The van der Waals surface area contributed by atoms with E-state index in [1.807, 2.05) is 5.32 Å². The van der Waals surface area contributed by atoms with Crippen molar-refractivity contribution in [3.8, 4) is 0 Å². The van der Waals surface area contributed by atoms with Crippen LogP contribution in [0.15, 0.2) is 18.2 Å². The lowest BCUT2D eigenvalue weighted by molar-refractivity contribution is -0.147. The predicted molar refractivity (Wildman–Crippen MR) is 60.3 cm³/mol. The van der Waals surface area contributed by atoms with Crippen LogP contribution >= 0.6 is 11.6 Å². The lowest BCUT2D eigenvalue weighted by Crippen LogP contribution is -2.23. The predicted octanol–water partition coefficient (Wildman–Crippen LogP) is 0.481. The molecule has 0 saturated carbocycles. The number of carboxylic acid groups (broad SMARTS) is 2. The zero-order valence-electron chi connectivity index (χ0n) is 8.75. The van der Waals surface area contributed by atoms with Crippen LogP contribution in [0, 0.1) is 0 Å². The number of rotatable bonds is 3. The summed E-state index contributed by atoms with van der Waals surface area (Å²) in [6.07, 6.45) is -1.90. The van der Waals surface area contributed by atoms with Gasteiger partial charge >= 0.3 is 17.8 Å². The second kappa shape index (κ2) is 5.48. The van der Waals surface area contributed by atoms with Gasteiger partial charge < -0.3 is 20.6 Å². The van der Waals surface area contributed by atoms with E-state index in [4.69, 9.17) is 21.8 Å². The van der Waals surface area contributed by atoms with E-state index in [1.165, 1.54) is 12.1 Å². The van der Waals surface area contributed by atoms with E-state index in [1.54, 1.807) is 0 Å². The maximum absolute atomic E-state index is 11.0. The van der Waals surface area contributed by atoms with Crippen molar-refractivity contribution in [3.63, 3.8) is 0 Å². The molecule has 7 nitrogen and oxygen atoms in total. The van der Waals surface area contributed by atoms with Crippen LogP contribution in [0.25, 0.3) is 0 Å². The van der Waals surface area contributed by atoms with Gasteiger partial charge in [-0.2, -0.15) is 0 Å². The van der Waals surface area contributed by atoms with Gasteiger partial charge in [0.25, 0.3) is 0 Å². The fourth-order valence-electron chi connectivity index (χ4n) is 1.18. The van der Waals surface area contributed by atoms with Gasteiger partial charge in [-0.25, -0.2) is 9.59 Å². The lowest BCUT2D eigenvalue weighted by atomic mass is 10.1. The molecule has 1 aromatic rings. The second-order valence-corrected chi connectivity index (χ2v) is 3.67. The van der Waals surface area contributed by atoms with E-state index in [-0.39, 0.29) is 16.3 Å². The van der Waals surface area contributed by atoms with E-state index < -0.39 is 23.9 Å². The number of amides is 1. The highest BCUT2D eigenvalue weighted by Gasteiger charge is 2.22. The Hall–Kier alpha value is -2.12. The summed E-state index contributed by atoms with van der Waals surface area (Å²) >= 11 is 5.64. The third-order valence-corrected chi connectivity index (χ3v) is 2.22. The van der Waals surface area contributed by atoms with Crippen LogP contribution in [-0.2, 0) is 14.4 Å². The molecule has 0 saturated heterocycles. The summed E-state index contributed by atoms with van der Waals surface area (Å²) in [6.45, 7) is 0. The number of hydrogen-bond donors (Lipinski definition) is 4. The van der Waals surface area contributed by atoms with Crippen LogP contribution in [0.3, 0.4) is 0 Å². The van der Waals surface area contributed by atoms with E-state index in [0.29, 0.717) is 0 Å². The molecule has 4 N–H and O–H groups in total. The number of carboxylic acids is 2. The van der Waals surface area contributed by atoms with Gasteiger partial charge in [-0.15, -0.1) is 0 Å². The smallest absolute Gasteiger partial charge is 0.394 e. The Morgan fingerprint density at radius 3 is 2.33 bits per heavy atom. The maximum Gasteiger partial charge on any atom is 0.394 e. The van der Waals surface area contributed by atoms with Gasteiger partial charge in [0.15, 0.2) is 6.10 Å². The van der Waals surface area contributed by atoms with Crippen molar-refractivity contribution >= 4 is 35.1 Å². The summed E-state index contributed by atoms with van der Waals surface area (Å²) in [5.74, 6) is -4.65. The molecule has 1 unspecified atom stereocenters. The van der Waals surface area contributed by atoms with Crippen LogP contribution in [0.2, 0.25) is 5.02 Å². The van der Waals surface area contributed by atoms with E-state index >= 15 is 0 Å². The normalized spacial score (nSPS) is 11.7. The van der Waals surface area contributed by atoms with Crippen molar-refractivity contribution in [1.82, 2.24) is 0 Å². The van der Waals surface area contributed by atoms with E-state index in [9.17, 15) is 19.5 Å². The summed E-state index contributed by atoms with van der Waals surface area (Å²) in [4.78, 5) is 32.0. The largest absolute Gasteiger partial charge is 0.479 e. The van der Waals surface area contributed by atoms with Crippen molar-refractivity contribution < 1.29 is 29.7 Å². The van der Waals surface area contributed by atoms with Crippen molar-refractivity contribution in [2.24, 2.45) is 0 Å². The Labute approximate surface area is 106 Å². The average molecular weight is 274 g/mol. The summed E-state index contributed by atoms with van der Waals surface area (Å²) in [5, 5.41) is 28.6. The highest BCUT2D eigenvalue weighted by Crippen LogP contribution is 2.26. The summed E-state index contributed by atoms with van der Waals surface area (Å²) in [7, 11) is 0. The molecule has 0 aliphatic heterocycles. The van der Waals surface area contributed by atoms with Crippen molar-refractivity contribution in [2.45, 2.75) is 6.10 Å². The van der Waals surface area contributed by atoms with Crippen LogP contribution in [0.5, 0.6) is 0 Å². The SMILES string of the molecule is O=C(O)C(=O)Nc1cc(Cl)ccc1C(O)C(=O)O. The van der Waals surface area contributed by atoms with Crippen molar-refractivity contribution in [3.05, 3.63) is 28.8 Å². The van der Waals surface area contributed by atoms with Gasteiger partial charge in [-0.05, 0) is 12.1 Å². The van der Waals surface area contributed by atoms with E-state index in [0.717, 1.165) is 6.07 Å². The van der Waals surface area contributed by atoms with Gasteiger partial charge in [-0.3, -0.25) is 4.79 Å². The first-order valence-electron chi connectivity index (χ1n) is 4.57. The molecule has 8 heteroatoms. The van der Waals surface area contributed by atoms with Crippen LogP contribution < -0.4 is 5.32 Å². The molecule has 0 spiro atoms. The van der Waals surface area contributed by atoms with Gasteiger partial charge in [0.05, 0.1) is 0 Å². The fourth-order valence-corrected chi connectivity index (χ4v) is 1.36. The van der Waals surface area contributed by atoms with Crippen LogP contribution in [0.4, 0.5) is 5.69 Å². The number of aliphatic hydroxyl groups excluding tert-OH is 1. The Balaban J connectivity index is 3.15. The average Bonchev–Trinajstić information content (AvgIpc) is 2.28. The molecule has 1 amide bonds. The molecule has 0 radical (unpaired) electrons. The molecule has 18 heavy (non-hydrogen) atoms. The Morgan fingerprint density at radius 1 is 1.22 bits per heavy atom. The summed E-state index contributed by atoms with van der Waals surface area (Å²) < 4.78 is 0. The molecule has 0 heterocycles. The molecule has 1 rings (SSSR count). The van der Waals surface area contributed by atoms with E-state index in [2.05, 4.69) is 0 Å². The highest BCUT2D eigenvalue weighted by atomic mass is 35.5. The molecule has 0 fully saturated rings. The Bertz CT molecular complexity index is 515. The molecular formula is C10H8ClNO6. The number of anilines is 1. The molecule has 0 aliphatic carbocycles. The zero-order valence-corrected chi connectivity index (χ0v) is 9.51. The monoisotopic (exact) mass is 273 g/mol. The minimum atomic E-state index is -1.90.